The van der Waals surface area contributed by atoms with Crippen LogP contribution in [0.15, 0.2) is 24.3 Å². The lowest BCUT2D eigenvalue weighted by Crippen LogP contribution is -2.42. The molecule has 1 saturated heterocycles. The summed E-state index contributed by atoms with van der Waals surface area (Å²) < 4.78 is 5.24. The Morgan fingerprint density at radius 2 is 2.00 bits per heavy atom. The van der Waals surface area contributed by atoms with Crippen molar-refractivity contribution in [3.8, 4) is 5.75 Å². The Hall–Kier alpha value is -1.82. The number of ether oxygens (including phenoxy) is 1. The maximum Gasteiger partial charge on any atom is 0.225 e. The smallest absolute Gasteiger partial charge is 0.225 e. The fourth-order valence-electron chi connectivity index (χ4n) is 3.14. The van der Waals surface area contributed by atoms with Crippen molar-refractivity contribution >= 4 is 23.2 Å². The molecule has 1 heterocycles. The molecule has 5 nitrogen and oxygen atoms in total. The molecule has 2 rings (SSSR count). The number of hydrogen-bond donors (Lipinski definition) is 2. The van der Waals surface area contributed by atoms with Crippen LogP contribution in [-0.4, -0.2) is 48.7 Å². The molecule has 1 aliphatic heterocycles. The first-order valence-electron chi connectivity index (χ1n) is 8.93. The lowest BCUT2D eigenvalue weighted by Gasteiger charge is -2.22. The van der Waals surface area contributed by atoms with Crippen LogP contribution in [0.2, 0.25) is 0 Å². The summed E-state index contributed by atoms with van der Waals surface area (Å²) in [4.78, 5) is 14.8. The third-order valence-corrected chi connectivity index (χ3v) is 4.83. The molecule has 1 aromatic rings. The molecule has 1 aromatic carbocycles. The Bertz CT molecular complexity index is 589. The highest BCUT2D eigenvalue weighted by Crippen LogP contribution is 2.34. The summed E-state index contributed by atoms with van der Waals surface area (Å²) in [5.74, 6) is 0.946. The van der Waals surface area contributed by atoms with Gasteiger partial charge in [0.15, 0.2) is 5.11 Å². The zero-order valence-corrected chi connectivity index (χ0v) is 16.4. The van der Waals surface area contributed by atoms with Gasteiger partial charge < -0.3 is 20.3 Å². The maximum absolute atomic E-state index is 12.7. The number of carbonyl (C=O) groups excluding carboxylic acids is 1. The predicted molar refractivity (Wildman–Crippen MR) is 105 cm³/mol. The summed E-state index contributed by atoms with van der Waals surface area (Å²) in [5.41, 5.74) is 1.15. The first-order valence-corrected chi connectivity index (χ1v) is 9.34. The average Bonchev–Trinajstić information content (AvgIpc) is 3.04. The second-order valence-corrected chi connectivity index (χ2v) is 7.17. The Labute approximate surface area is 156 Å². The van der Waals surface area contributed by atoms with Gasteiger partial charge in [-0.2, -0.15) is 0 Å². The second kappa shape index (κ2) is 9.04. The van der Waals surface area contributed by atoms with Crippen molar-refractivity contribution in [3.63, 3.8) is 0 Å². The highest BCUT2D eigenvalue weighted by Gasteiger charge is 2.39. The van der Waals surface area contributed by atoms with Gasteiger partial charge in [-0.15, -0.1) is 0 Å². The molecule has 0 saturated carbocycles. The molecule has 25 heavy (non-hydrogen) atoms. The van der Waals surface area contributed by atoms with Gasteiger partial charge in [-0.1, -0.05) is 19.1 Å². The van der Waals surface area contributed by atoms with Crippen molar-refractivity contribution in [1.29, 1.82) is 0 Å². The summed E-state index contributed by atoms with van der Waals surface area (Å²) in [6, 6.07) is 8.27. The van der Waals surface area contributed by atoms with Crippen LogP contribution in [0.5, 0.6) is 5.75 Å². The van der Waals surface area contributed by atoms with Crippen LogP contribution < -0.4 is 15.4 Å². The maximum atomic E-state index is 12.7. The van der Waals surface area contributed by atoms with Gasteiger partial charge in [0, 0.05) is 31.6 Å². The van der Waals surface area contributed by atoms with Crippen LogP contribution >= 0.6 is 12.2 Å². The average molecular weight is 364 g/mol. The van der Waals surface area contributed by atoms with Gasteiger partial charge in [0.2, 0.25) is 5.91 Å². The van der Waals surface area contributed by atoms with Crippen molar-refractivity contribution in [1.82, 2.24) is 15.5 Å². The van der Waals surface area contributed by atoms with Crippen LogP contribution in [0, 0.1) is 5.92 Å². The molecule has 0 radical (unpaired) electrons. The number of thiocarbonyl (C=S) groups is 1. The zero-order chi connectivity index (χ0) is 18.4. The van der Waals surface area contributed by atoms with Crippen LogP contribution in [0.1, 0.15) is 38.7 Å². The number of benzene rings is 1. The zero-order valence-electron chi connectivity index (χ0n) is 15.5. The van der Waals surface area contributed by atoms with Crippen molar-refractivity contribution in [3.05, 3.63) is 29.8 Å². The van der Waals surface area contributed by atoms with E-state index in [9.17, 15) is 4.79 Å². The second-order valence-electron chi connectivity index (χ2n) is 6.79. The molecule has 2 N–H and O–H groups in total. The van der Waals surface area contributed by atoms with E-state index in [1.54, 1.807) is 7.11 Å². The van der Waals surface area contributed by atoms with Gasteiger partial charge in [0.25, 0.3) is 0 Å². The fourth-order valence-corrected chi connectivity index (χ4v) is 3.53. The molecule has 0 bridgehead atoms. The third-order valence-electron chi connectivity index (χ3n) is 4.45. The molecule has 0 aromatic heterocycles. The van der Waals surface area contributed by atoms with E-state index < -0.39 is 0 Å². The molecule has 1 amide bonds. The highest BCUT2D eigenvalue weighted by molar-refractivity contribution is 7.80. The van der Waals surface area contributed by atoms with Crippen molar-refractivity contribution in [2.24, 2.45) is 5.92 Å². The van der Waals surface area contributed by atoms with Crippen molar-refractivity contribution < 1.29 is 9.53 Å². The molecule has 6 heteroatoms. The molecule has 0 aliphatic carbocycles. The minimum Gasteiger partial charge on any atom is -0.497 e. The molecule has 0 unspecified atom stereocenters. The minimum absolute atomic E-state index is 0.105. The highest BCUT2D eigenvalue weighted by atomic mass is 32.1. The fraction of sp³-hybridized carbons (Fsp3) is 0.579. The number of methoxy groups -OCH3 is 1. The summed E-state index contributed by atoms with van der Waals surface area (Å²) in [7, 11) is 1.66. The number of nitrogens with zero attached hydrogens (tertiary/aromatic N) is 1. The number of rotatable bonds is 6. The summed E-state index contributed by atoms with van der Waals surface area (Å²) in [6.45, 7) is 8.28. The van der Waals surface area contributed by atoms with Crippen LogP contribution in [0.25, 0.3) is 0 Å². The molecule has 1 fully saturated rings. The van der Waals surface area contributed by atoms with Crippen LogP contribution in [0.4, 0.5) is 0 Å². The van der Waals surface area contributed by atoms with Gasteiger partial charge in [0.05, 0.1) is 13.0 Å². The van der Waals surface area contributed by atoms with Gasteiger partial charge in [-0.05, 0) is 50.2 Å². The van der Waals surface area contributed by atoms with Crippen molar-refractivity contribution in [2.75, 3.05) is 26.7 Å². The van der Waals surface area contributed by atoms with E-state index in [1.807, 2.05) is 24.3 Å². The number of nitrogens with one attached hydrogen (secondary N) is 2. The molecule has 1 aliphatic rings. The predicted octanol–water partition coefficient (Wildman–Crippen LogP) is 2.52. The largest absolute Gasteiger partial charge is 0.497 e. The molecular formula is C19H29N3O2S. The summed E-state index contributed by atoms with van der Waals surface area (Å²) in [5, 5.41) is 7.05. The Morgan fingerprint density at radius 3 is 2.56 bits per heavy atom. The van der Waals surface area contributed by atoms with E-state index in [0.29, 0.717) is 13.1 Å². The van der Waals surface area contributed by atoms with Crippen molar-refractivity contribution in [2.45, 2.75) is 39.2 Å². The van der Waals surface area contributed by atoms with Crippen LogP contribution in [-0.2, 0) is 4.79 Å². The topological polar surface area (TPSA) is 53.6 Å². The Balaban J connectivity index is 2.18. The molecule has 138 valence electrons. The van der Waals surface area contributed by atoms with E-state index in [4.69, 9.17) is 17.0 Å². The number of amides is 1. The minimum atomic E-state index is -0.105. The van der Waals surface area contributed by atoms with E-state index >= 15 is 0 Å². The normalized spacial score (nSPS) is 19.8. The quantitative estimate of drug-likeness (QED) is 0.761. The monoisotopic (exact) mass is 363 g/mol. The van der Waals surface area contributed by atoms with Gasteiger partial charge >= 0.3 is 0 Å². The SMILES string of the molecule is CCCNC(=O)[C@@H]1CN(C(=S)NC(C)C)C[C@@H]1c1ccc(OC)cc1. The van der Waals surface area contributed by atoms with Gasteiger partial charge in [-0.3, -0.25) is 4.79 Å². The van der Waals surface area contributed by atoms with Gasteiger partial charge in [-0.25, -0.2) is 0 Å². The Kier molecular flexibility index (Phi) is 7.05. The third kappa shape index (κ3) is 5.08. The Morgan fingerprint density at radius 1 is 1.32 bits per heavy atom. The lowest BCUT2D eigenvalue weighted by molar-refractivity contribution is -0.124. The van der Waals surface area contributed by atoms with E-state index in [-0.39, 0.29) is 23.8 Å². The van der Waals surface area contributed by atoms with E-state index in [1.165, 1.54) is 0 Å². The summed E-state index contributed by atoms with van der Waals surface area (Å²) >= 11 is 5.52. The van der Waals surface area contributed by atoms with Gasteiger partial charge in [0.1, 0.15) is 5.75 Å². The van der Waals surface area contributed by atoms with E-state index in [0.717, 1.165) is 29.4 Å². The molecule has 0 spiro atoms. The lowest BCUT2D eigenvalue weighted by atomic mass is 9.88. The number of hydrogen-bond acceptors (Lipinski definition) is 3. The number of likely N-dealkylation sites (tertiary alicyclic amines) is 1. The molecular weight excluding hydrogens is 334 g/mol. The van der Waals surface area contributed by atoms with Crippen LogP contribution in [0.3, 0.4) is 0 Å². The number of carbonyl (C=O) groups is 1. The first-order chi connectivity index (χ1) is 12.0. The molecule has 2 atom stereocenters. The standard InChI is InChI=1S/C19H29N3O2S/c1-5-10-20-18(23)17-12-22(19(25)21-13(2)3)11-16(17)14-6-8-15(24-4)9-7-14/h6-9,13,16-17H,5,10-12H2,1-4H3,(H,20,23)(H,21,25)/t16-,17-/m1/s1. The van der Waals surface area contributed by atoms with E-state index in [2.05, 4.69) is 36.3 Å². The summed E-state index contributed by atoms with van der Waals surface area (Å²) in [6.07, 6.45) is 0.933. The first kappa shape index (κ1) is 19.5.